The molecule has 9 nitrogen and oxygen atoms in total. The molecule has 0 bridgehead atoms. The smallest absolute Gasteiger partial charge is 0.278 e. The van der Waals surface area contributed by atoms with Crippen LogP contribution < -0.4 is 10.6 Å². The number of fused-ring (bicyclic) bond motifs is 5. The molecule has 4 fully saturated rings. The second-order valence-electron chi connectivity index (χ2n) is 13.7. The van der Waals surface area contributed by atoms with Gasteiger partial charge in [0.15, 0.2) is 6.23 Å². The number of likely N-dealkylation sites (tertiary alicyclic amines) is 1. The number of hydrogen-bond donors (Lipinski definition) is 2. The van der Waals surface area contributed by atoms with E-state index in [-0.39, 0.29) is 35.6 Å². The van der Waals surface area contributed by atoms with Crippen LogP contribution in [0.1, 0.15) is 67.6 Å². The van der Waals surface area contributed by atoms with E-state index in [1.807, 2.05) is 23.1 Å². The van der Waals surface area contributed by atoms with Gasteiger partial charge >= 0.3 is 0 Å². The molecule has 4 unspecified atom stereocenters. The molecule has 2 aromatic carbocycles. The van der Waals surface area contributed by atoms with Gasteiger partial charge in [-0.2, -0.15) is 0 Å². The third-order valence-corrected chi connectivity index (χ3v) is 11.2. The van der Waals surface area contributed by atoms with Crippen LogP contribution in [0.15, 0.2) is 48.5 Å². The van der Waals surface area contributed by atoms with Crippen molar-refractivity contribution in [3.05, 3.63) is 65.2 Å². The highest BCUT2D eigenvalue weighted by Crippen LogP contribution is 2.51. The predicted octanol–water partition coefficient (Wildman–Crippen LogP) is 3.03. The third kappa shape index (κ3) is 4.22. The van der Waals surface area contributed by atoms with Crippen LogP contribution in [0, 0.1) is 5.92 Å². The second kappa shape index (κ2) is 10.1. The zero-order chi connectivity index (χ0) is 29.5. The van der Waals surface area contributed by atoms with Gasteiger partial charge in [-0.1, -0.05) is 42.5 Å². The summed E-state index contributed by atoms with van der Waals surface area (Å²) in [7, 11) is 2.13. The van der Waals surface area contributed by atoms with Crippen LogP contribution in [0.4, 0.5) is 5.69 Å². The van der Waals surface area contributed by atoms with Crippen molar-refractivity contribution in [1.29, 1.82) is 0 Å². The van der Waals surface area contributed by atoms with E-state index in [2.05, 4.69) is 52.9 Å². The van der Waals surface area contributed by atoms with E-state index in [4.69, 9.17) is 4.74 Å². The number of carbonyl (C=O) groups is 3. The van der Waals surface area contributed by atoms with Gasteiger partial charge in [-0.05, 0) is 75.3 Å². The van der Waals surface area contributed by atoms with Gasteiger partial charge < -0.3 is 25.2 Å². The molecule has 5 heterocycles. The lowest BCUT2D eigenvalue weighted by Crippen LogP contribution is -2.64. The number of aryl methyl sites for hydroxylation is 1. The Hall–Kier alpha value is -3.43. The molecule has 8 atom stereocenters. The standard InChI is InChI=1S/C34H41N5O4/c1-34(36-30(40)22-16-24-23-10-6-11-25-29(23)21(18-35-25)17-28(24)37(2)19-22)33(42)39-26(14-13-20-8-4-3-5-9-20)31(41)38-15-7-12-27(38)32(39)43-34/h3-6,8-11,21-22,24,26-28,32,35H,7,12-19H2,1-2H3,(H,36,40)/t21?,22?,24?,26-,27-,28+,32?,34+/m0/s1. The molecule has 2 aromatic rings. The van der Waals surface area contributed by atoms with Crippen LogP contribution in [-0.4, -0.2) is 89.2 Å². The molecule has 9 heteroatoms. The van der Waals surface area contributed by atoms with Crippen LogP contribution in [0.3, 0.4) is 0 Å². The number of rotatable bonds is 5. The molecule has 43 heavy (non-hydrogen) atoms. The van der Waals surface area contributed by atoms with Crippen LogP contribution in [0.25, 0.3) is 0 Å². The number of hydrogen-bond acceptors (Lipinski definition) is 6. The minimum atomic E-state index is -1.50. The maximum absolute atomic E-state index is 14.2. The molecule has 6 aliphatic rings. The maximum atomic E-state index is 14.2. The summed E-state index contributed by atoms with van der Waals surface area (Å²) in [5.74, 6) is 0.0725. The summed E-state index contributed by atoms with van der Waals surface area (Å²) in [5.41, 5.74) is 3.67. The highest BCUT2D eigenvalue weighted by molar-refractivity contribution is 5.96. The predicted molar refractivity (Wildman–Crippen MR) is 161 cm³/mol. The van der Waals surface area contributed by atoms with Gasteiger partial charge in [0, 0.05) is 43.2 Å². The number of carbonyl (C=O) groups excluding carboxylic acids is 3. The van der Waals surface area contributed by atoms with Crippen molar-refractivity contribution in [2.75, 3.05) is 32.0 Å². The van der Waals surface area contributed by atoms with Crippen LogP contribution in [0.5, 0.6) is 0 Å². The van der Waals surface area contributed by atoms with E-state index in [9.17, 15) is 14.4 Å². The number of anilines is 1. The Morgan fingerprint density at radius 3 is 2.77 bits per heavy atom. The quantitative estimate of drug-likeness (QED) is 0.562. The maximum Gasteiger partial charge on any atom is 0.278 e. The average molecular weight is 584 g/mol. The van der Waals surface area contributed by atoms with E-state index in [1.54, 1.807) is 11.8 Å². The fraction of sp³-hybridized carbons (Fsp3) is 0.559. The largest absolute Gasteiger partial charge is 0.384 e. The fourth-order valence-corrected chi connectivity index (χ4v) is 9.14. The summed E-state index contributed by atoms with van der Waals surface area (Å²) in [6, 6.07) is 16.2. The molecule has 226 valence electrons. The van der Waals surface area contributed by atoms with Crippen LogP contribution in [0.2, 0.25) is 0 Å². The lowest BCUT2D eigenvalue weighted by atomic mass is 9.68. The van der Waals surface area contributed by atoms with E-state index in [1.165, 1.54) is 16.8 Å². The molecule has 1 aliphatic carbocycles. The Balaban J connectivity index is 1.03. The van der Waals surface area contributed by atoms with Gasteiger partial charge in [0.2, 0.25) is 17.5 Å². The minimum Gasteiger partial charge on any atom is -0.384 e. The summed E-state index contributed by atoms with van der Waals surface area (Å²) >= 11 is 0. The first-order valence-corrected chi connectivity index (χ1v) is 16.1. The van der Waals surface area contributed by atoms with E-state index in [0.717, 1.165) is 37.8 Å². The normalized spacial score (nSPS) is 36.1. The summed E-state index contributed by atoms with van der Waals surface area (Å²) in [5, 5.41) is 6.65. The molecule has 3 amide bonds. The zero-order valence-corrected chi connectivity index (χ0v) is 25.0. The average Bonchev–Trinajstić information content (AvgIpc) is 3.72. The third-order valence-electron chi connectivity index (χ3n) is 11.2. The van der Waals surface area contributed by atoms with Gasteiger partial charge in [0.1, 0.15) is 6.04 Å². The van der Waals surface area contributed by atoms with Crippen molar-refractivity contribution in [2.24, 2.45) is 5.92 Å². The summed E-state index contributed by atoms with van der Waals surface area (Å²) in [6.07, 6.45) is 4.19. The molecule has 0 radical (unpaired) electrons. The topological polar surface area (TPSA) is 94.2 Å². The SMILES string of the molecule is CN1CC(C(=O)N[C@]2(C)OC3[C@@H]4CCCN4C(=O)[C@H](CCc4ccccc4)N3C2=O)CC2c3cccc4c3C(CN4)C[C@H]21. The number of piperazine rings is 1. The lowest BCUT2D eigenvalue weighted by molar-refractivity contribution is -0.166. The van der Waals surface area contributed by atoms with Crippen molar-refractivity contribution in [3.8, 4) is 0 Å². The highest BCUT2D eigenvalue weighted by Gasteiger charge is 2.61. The first-order valence-electron chi connectivity index (χ1n) is 16.1. The number of amides is 3. The van der Waals surface area contributed by atoms with Gasteiger partial charge in [-0.15, -0.1) is 0 Å². The molecule has 0 saturated carbocycles. The molecular weight excluding hydrogens is 542 g/mol. The van der Waals surface area contributed by atoms with Crippen molar-refractivity contribution in [1.82, 2.24) is 20.0 Å². The molecule has 0 spiro atoms. The molecule has 4 saturated heterocycles. The Bertz CT molecular complexity index is 1470. The van der Waals surface area contributed by atoms with Crippen LogP contribution >= 0.6 is 0 Å². The van der Waals surface area contributed by atoms with Crippen molar-refractivity contribution in [2.45, 2.75) is 87.4 Å². The number of nitrogens with one attached hydrogen (secondary N) is 2. The number of benzene rings is 2. The van der Waals surface area contributed by atoms with Crippen LogP contribution in [-0.2, 0) is 25.5 Å². The fourth-order valence-electron chi connectivity index (χ4n) is 9.14. The summed E-state index contributed by atoms with van der Waals surface area (Å²) in [6.45, 7) is 4.00. The second-order valence-corrected chi connectivity index (χ2v) is 13.7. The first kappa shape index (κ1) is 27.1. The van der Waals surface area contributed by atoms with Gasteiger partial charge in [0.05, 0.1) is 12.0 Å². The molecule has 5 aliphatic heterocycles. The van der Waals surface area contributed by atoms with Crippen molar-refractivity contribution in [3.63, 3.8) is 0 Å². The molecule has 0 aromatic heterocycles. The highest BCUT2D eigenvalue weighted by atomic mass is 16.6. The zero-order valence-electron chi connectivity index (χ0n) is 25.0. The van der Waals surface area contributed by atoms with E-state index in [0.29, 0.717) is 37.9 Å². The Morgan fingerprint density at radius 2 is 1.93 bits per heavy atom. The number of nitrogens with zero attached hydrogens (tertiary/aromatic N) is 3. The van der Waals surface area contributed by atoms with E-state index >= 15 is 0 Å². The molecular formula is C34H41N5O4. The minimum absolute atomic E-state index is 0.00244. The van der Waals surface area contributed by atoms with E-state index < -0.39 is 18.0 Å². The van der Waals surface area contributed by atoms with Crippen molar-refractivity contribution >= 4 is 23.4 Å². The first-order chi connectivity index (χ1) is 20.8. The lowest BCUT2D eigenvalue weighted by Gasteiger charge is -2.47. The summed E-state index contributed by atoms with van der Waals surface area (Å²) < 4.78 is 6.53. The Labute approximate surface area is 252 Å². The Kier molecular flexibility index (Phi) is 6.35. The van der Waals surface area contributed by atoms with Gasteiger partial charge in [0.25, 0.3) is 5.91 Å². The molecule has 2 N–H and O–H groups in total. The molecule has 8 rings (SSSR count). The monoisotopic (exact) mass is 583 g/mol. The number of piperidine rings is 1. The van der Waals surface area contributed by atoms with Crippen molar-refractivity contribution < 1.29 is 19.1 Å². The van der Waals surface area contributed by atoms with Gasteiger partial charge in [-0.25, -0.2) is 0 Å². The number of likely N-dealkylation sites (N-methyl/N-ethyl adjacent to an activating group) is 1. The number of ether oxygens (including phenoxy) is 1. The Morgan fingerprint density at radius 1 is 1.09 bits per heavy atom. The van der Waals surface area contributed by atoms with Gasteiger partial charge in [-0.3, -0.25) is 19.3 Å². The summed E-state index contributed by atoms with van der Waals surface area (Å²) in [4.78, 5) is 47.8.